The van der Waals surface area contributed by atoms with Crippen LogP contribution >= 0.6 is 0 Å². The predicted octanol–water partition coefficient (Wildman–Crippen LogP) is 1.53. The lowest BCUT2D eigenvalue weighted by molar-refractivity contribution is 0.216. The van der Waals surface area contributed by atoms with Crippen molar-refractivity contribution in [3.05, 3.63) is 0 Å². The van der Waals surface area contributed by atoms with Crippen LogP contribution in [-0.4, -0.2) is 56.1 Å². The highest BCUT2D eigenvalue weighted by Crippen LogP contribution is 2.10. The van der Waals surface area contributed by atoms with Crippen molar-refractivity contribution < 1.29 is 8.42 Å². The first-order valence-electron chi connectivity index (χ1n) is 6.60. The summed E-state index contributed by atoms with van der Waals surface area (Å²) in [5, 5.41) is 0. The fraction of sp³-hybridized carbons (Fsp3) is 1.00. The van der Waals surface area contributed by atoms with Gasteiger partial charge in [-0.3, -0.25) is 0 Å². The molecule has 1 aliphatic heterocycles. The van der Waals surface area contributed by atoms with Gasteiger partial charge < -0.3 is 4.90 Å². The van der Waals surface area contributed by atoms with Gasteiger partial charge in [-0.15, -0.1) is 0 Å². The van der Waals surface area contributed by atoms with Crippen LogP contribution in [0.15, 0.2) is 0 Å². The van der Waals surface area contributed by atoms with Crippen molar-refractivity contribution in [3.63, 3.8) is 0 Å². The van der Waals surface area contributed by atoms with Crippen LogP contribution in [0.5, 0.6) is 0 Å². The Balaban J connectivity index is 2.32. The van der Waals surface area contributed by atoms with E-state index in [4.69, 9.17) is 0 Å². The first-order chi connectivity index (χ1) is 7.91. The third kappa shape index (κ3) is 5.36. The molecule has 0 spiro atoms. The number of likely N-dealkylation sites (tertiary alicyclic amines) is 1. The molecule has 102 valence electrons. The monoisotopic (exact) mass is 262 g/mol. The summed E-state index contributed by atoms with van der Waals surface area (Å²) in [5.74, 6) is 0. The van der Waals surface area contributed by atoms with Crippen LogP contribution in [0.1, 0.15) is 39.5 Å². The highest BCUT2D eigenvalue weighted by atomic mass is 32.2. The number of rotatable bonds is 6. The third-order valence-electron chi connectivity index (χ3n) is 3.30. The Kier molecular flexibility index (Phi) is 5.89. The molecule has 0 aromatic carbocycles. The highest BCUT2D eigenvalue weighted by Gasteiger charge is 2.20. The summed E-state index contributed by atoms with van der Waals surface area (Å²) < 4.78 is 24.7. The van der Waals surface area contributed by atoms with Gasteiger partial charge in [0.25, 0.3) is 0 Å². The maximum Gasteiger partial charge on any atom is 0.211 e. The molecule has 1 heterocycles. The molecule has 1 fully saturated rings. The summed E-state index contributed by atoms with van der Waals surface area (Å²) in [6.45, 7) is 7.90. The molecule has 0 amide bonds. The normalized spacial score (nSPS) is 19.1. The fourth-order valence-electron chi connectivity index (χ4n) is 2.44. The minimum absolute atomic E-state index is 0.0614. The second kappa shape index (κ2) is 6.71. The van der Waals surface area contributed by atoms with Crippen LogP contribution in [-0.2, 0) is 10.0 Å². The molecule has 0 aromatic heterocycles. The average Bonchev–Trinajstić information content (AvgIpc) is 2.23. The van der Waals surface area contributed by atoms with E-state index < -0.39 is 10.0 Å². The number of sulfonamides is 1. The molecule has 0 unspecified atom stereocenters. The standard InChI is InChI=1S/C12H26N2O2S/c1-12(2)14(17(3,15)16)11-7-10-13-8-5-4-6-9-13/h12H,4-11H2,1-3H3. The van der Waals surface area contributed by atoms with Gasteiger partial charge in [0, 0.05) is 12.6 Å². The largest absolute Gasteiger partial charge is 0.303 e. The molecule has 0 saturated carbocycles. The van der Waals surface area contributed by atoms with E-state index >= 15 is 0 Å². The molecule has 1 saturated heterocycles. The van der Waals surface area contributed by atoms with Crippen LogP contribution in [0.25, 0.3) is 0 Å². The number of piperidine rings is 1. The third-order valence-corrected chi connectivity index (χ3v) is 4.76. The fourth-order valence-corrected chi connectivity index (χ4v) is 3.67. The second-order valence-corrected chi connectivity index (χ2v) is 7.16. The van der Waals surface area contributed by atoms with Gasteiger partial charge >= 0.3 is 0 Å². The van der Waals surface area contributed by atoms with Gasteiger partial charge in [-0.1, -0.05) is 6.42 Å². The van der Waals surface area contributed by atoms with Crippen molar-refractivity contribution in [1.82, 2.24) is 9.21 Å². The summed E-state index contributed by atoms with van der Waals surface area (Å²) in [6.07, 6.45) is 6.16. The van der Waals surface area contributed by atoms with E-state index in [0.717, 1.165) is 13.0 Å². The van der Waals surface area contributed by atoms with Crippen molar-refractivity contribution in [2.45, 2.75) is 45.6 Å². The summed E-state index contributed by atoms with van der Waals surface area (Å²) in [7, 11) is -3.05. The van der Waals surface area contributed by atoms with Gasteiger partial charge in [-0.2, -0.15) is 4.31 Å². The first kappa shape index (κ1) is 14.9. The van der Waals surface area contributed by atoms with Gasteiger partial charge in [0.2, 0.25) is 10.0 Å². The first-order valence-corrected chi connectivity index (χ1v) is 8.45. The minimum Gasteiger partial charge on any atom is -0.303 e. The molecule has 0 aliphatic carbocycles. The van der Waals surface area contributed by atoms with Gasteiger partial charge in [-0.05, 0) is 52.7 Å². The molecule has 0 N–H and O–H groups in total. The number of nitrogens with zero attached hydrogens (tertiary/aromatic N) is 2. The molecule has 4 nitrogen and oxygen atoms in total. The second-order valence-electron chi connectivity index (χ2n) is 5.22. The molecule has 1 rings (SSSR count). The topological polar surface area (TPSA) is 40.6 Å². The predicted molar refractivity (Wildman–Crippen MR) is 71.6 cm³/mol. The number of hydrogen-bond donors (Lipinski definition) is 0. The Morgan fingerprint density at radius 3 is 2.24 bits per heavy atom. The Hall–Kier alpha value is -0.130. The van der Waals surface area contributed by atoms with E-state index in [2.05, 4.69) is 4.90 Å². The van der Waals surface area contributed by atoms with Crippen LogP contribution in [0.4, 0.5) is 0 Å². The van der Waals surface area contributed by atoms with Crippen LogP contribution in [0, 0.1) is 0 Å². The molecular weight excluding hydrogens is 236 g/mol. The summed E-state index contributed by atoms with van der Waals surface area (Å²) >= 11 is 0. The molecule has 5 heteroatoms. The SMILES string of the molecule is CC(C)N(CCCN1CCCCC1)S(C)(=O)=O. The number of hydrogen-bond acceptors (Lipinski definition) is 3. The van der Waals surface area contributed by atoms with E-state index in [-0.39, 0.29) is 6.04 Å². The molecular formula is C12H26N2O2S. The Labute approximate surface area is 106 Å². The lowest BCUT2D eigenvalue weighted by Gasteiger charge is -2.28. The van der Waals surface area contributed by atoms with E-state index in [1.165, 1.54) is 38.6 Å². The van der Waals surface area contributed by atoms with Crippen molar-refractivity contribution in [2.75, 3.05) is 32.4 Å². The van der Waals surface area contributed by atoms with Crippen molar-refractivity contribution >= 4 is 10.0 Å². The molecule has 0 atom stereocenters. The van der Waals surface area contributed by atoms with Gasteiger partial charge in [0.05, 0.1) is 6.26 Å². The maximum absolute atomic E-state index is 11.6. The molecule has 0 radical (unpaired) electrons. The molecule has 0 bridgehead atoms. The van der Waals surface area contributed by atoms with Crippen LogP contribution in [0.3, 0.4) is 0 Å². The van der Waals surface area contributed by atoms with Crippen molar-refractivity contribution in [3.8, 4) is 0 Å². The van der Waals surface area contributed by atoms with Gasteiger partial charge in [-0.25, -0.2) is 8.42 Å². The zero-order valence-electron chi connectivity index (χ0n) is 11.4. The van der Waals surface area contributed by atoms with Crippen LogP contribution in [0.2, 0.25) is 0 Å². The van der Waals surface area contributed by atoms with Crippen molar-refractivity contribution in [1.29, 1.82) is 0 Å². The lowest BCUT2D eigenvalue weighted by Crippen LogP contribution is -2.39. The Bertz CT molecular complexity index is 308. The Morgan fingerprint density at radius 2 is 1.76 bits per heavy atom. The quantitative estimate of drug-likeness (QED) is 0.729. The van der Waals surface area contributed by atoms with Crippen molar-refractivity contribution in [2.24, 2.45) is 0 Å². The van der Waals surface area contributed by atoms with E-state index in [1.807, 2.05) is 13.8 Å². The lowest BCUT2D eigenvalue weighted by atomic mass is 10.1. The van der Waals surface area contributed by atoms with E-state index in [1.54, 1.807) is 4.31 Å². The van der Waals surface area contributed by atoms with Gasteiger partial charge in [0.1, 0.15) is 0 Å². The maximum atomic E-state index is 11.6. The van der Waals surface area contributed by atoms with E-state index in [0.29, 0.717) is 6.54 Å². The molecule has 0 aromatic rings. The van der Waals surface area contributed by atoms with Gasteiger partial charge in [0.15, 0.2) is 0 Å². The Morgan fingerprint density at radius 1 is 1.18 bits per heavy atom. The summed E-state index contributed by atoms with van der Waals surface area (Å²) in [4.78, 5) is 2.45. The summed E-state index contributed by atoms with van der Waals surface area (Å²) in [5.41, 5.74) is 0. The highest BCUT2D eigenvalue weighted by molar-refractivity contribution is 7.88. The average molecular weight is 262 g/mol. The van der Waals surface area contributed by atoms with Crippen LogP contribution < -0.4 is 0 Å². The minimum atomic E-state index is -3.05. The molecule has 1 aliphatic rings. The zero-order valence-corrected chi connectivity index (χ0v) is 12.2. The zero-order chi connectivity index (χ0) is 12.9. The summed E-state index contributed by atoms with van der Waals surface area (Å²) in [6, 6.07) is 0.0614. The van der Waals surface area contributed by atoms with E-state index in [9.17, 15) is 8.42 Å². The molecule has 17 heavy (non-hydrogen) atoms. The smallest absolute Gasteiger partial charge is 0.211 e.